The van der Waals surface area contributed by atoms with E-state index in [0.29, 0.717) is 23.6 Å². The monoisotopic (exact) mass is 239 g/mol. The molecule has 0 bridgehead atoms. The van der Waals surface area contributed by atoms with Gasteiger partial charge in [-0.15, -0.1) is 0 Å². The molecule has 0 amide bonds. The van der Waals surface area contributed by atoms with Gasteiger partial charge in [0.15, 0.2) is 0 Å². The Kier molecular flexibility index (Phi) is 2.89. The van der Waals surface area contributed by atoms with Crippen molar-refractivity contribution in [2.24, 2.45) is 0 Å². The summed E-state index contributed by atoms with van der Waals surface area (Å²) in [5.74, 6) is -0.780. The van der Waals surface area contributed by atoms with Crippen molar-refractivity contribution >= 4 is 17.6 Å². The first-order chi connectivity index (χ1) is 7.56. The molecule has 3 nitrogen and oxygen atoms in total. The summed E-state index contributed by atoms with van der Waals surface area (Å²) in [5.41, 5.74) is 0.676. The Balaban J connectivity index is 2.51. The lowest BCUT2D eigenvalue weighted by molar-refractivity contribution is -0.143. The van der Waals surface area contributed by atoms with Crippen LogP contribution in [0.3, 0.4) is 0 Å². The number of aromatic nitrogens is 1. The van der Waals surface area contributed by atoms with Crippen molar-refractivity contribution in [2.75, 3.05) is 0 Å². The number of carboxylic acids is 1. The van der Waals surface area contributed by atoms with Crippen LogP contribution in [0.4, 0.5) is 0 Å². The zero-order valence-corrected chi connectivity index (χ0v) is 9.92. The molecule has 1 aliphatic rings. The Bertz CT molecular complexity index is 425. The summed E-state index contributed by atoms with van der Waals surface area (Å²) in [7, 11) is 0. The van der Waals surface area contributed by atoms with E-state index in [1.165, 1.54) is 0 Å². The van der Waals surface area contributed by atoms with E-state index in [1.54, 1.807) is 0 Å². The van der Waals surface area contributed by atoms with Gasteiger partial charge in [-0.1, -0.05) is 30.5 Å². The van der Waals surface area contributed by atoms with Gasteiger partial charge in [0.1, 0.15) is 5.15 Å². The topological polar surface area (TPSA) is 50.2 Å². The molecule has 86 valence electrons. The van der Waals surface area contributed by atoms with Gasteiger partial charge in [-0.3, -0.25) is 4.79 Å². The number of nitrogens with zero attached hydrogens (tertiary/aromatic N) is 1. The van der Waals surface area contributed by atoms with Crippen LogP contribution in [0.2, 0.25) is 5.15 Å². The predicted molar refractivity (Wildman–Crippen MR) is 61.8 cm³/mol. The minimum absolute atomic E-state index is 0.337. The molecule has 0 spiro atoms. The molecule has 1 aromatic rings. The van der Waals surface area contributed by atoms with Gasteiger partial charge in [0.05, 0.1) is 5.41 Å². The van der Waals surface area contributed by atoms with E-state index in [1.807, 2.05) is 19.1 Å². The van der Waals surface area contributed by atoms with E-state index in [9.17, 15) is 9.90 Å². The highest BCUT2D eigenvalue weighted by molar-refractivity contribution is 6.30. The lowest BCUT2D eigenvalue weighted by Crippen LogP contribution is -2.33. The van der Waals surface area contributed by atoms with E-state index in [4.69, 9.17) is 11.6 Å². The molecule has 1 aliphatic carbocycles. The van der Waals surface area contributed by atoms with Crippen LogP contribution in [0.5, 0.6) is 0 Å². The summed E-state index contributed by atoms with van der Waals surface area (Å²) in [4.78, 5) is 15.6. The van der Waals surface area contributed by atoms with Crippen molar-refractivity contribution in [3.8, 4) is 0 Å². The molecule has 1 saturated carbocycles. The van der Waals surface area contributed by atoms with Gasteiger partial charge in [-0.05, 0) is 25.8 Å². The van der Waals surface area contributed by atoms with Gasteiger partial charge < -0.3 is 5.11 Å². The minimum atomic E-state index is -0.808. The largest absolute Gasteiger partial charge is 0.481 e. The maximum Gasteiger partial charge on any atom is 0.314 e. The van der Waals surface area contributed by atoms with Crippen LogP contribution in [0.15, 0.2) is 12.1 Å². The van der Waals surface area contributed by atoms with Gasteiger partial charge in [0, 0.05) is 11.3 Å². The van der Waals surface area contributed by atoms with Crippen LogP contribution in [0.25, 0.3) is 0 Å². The first-order valence-electron chi connectivity index (χ1n) is 5.43. The summed E-state index contributed by atoms with van der Waals surface area (Å²) < 4.78 is 0. The molecular weight excluding hydrogens is 226 g/mol. The van der Waals surface area contributed by atoms with Crippen molar-refractivity contribution in [1.82, 2.24) is 4.98 Å². The van der Waals surface area contributed by atoms with Gasteiger partial charge in [0.2, 0.25) is 0 Å². The second-order valence-corrected chi connectivity index (χ2v) is 4.74. The molecule has 0 atom stereocenters. The minimum Gasteiger partial charge on any atom is -0.481 e. The average molecular weight is 240 g/mol. The number of pyridine rings is 1. The van der Waals surface area contributed by atoms with Crippen molar-refractivity contribution in [2.45, 2.75) is 38.0 Å². The average Bonchev–Trinajstić information content (AvgIpc) is 2.67. The number of aliphatic carboxylic acids is 1. The van der Waals surface area contributed by atoms with Crippen LogP contribution >= 0.6 is 11.6 Å². The van der Waals surface area contributed by atoms with Crippen molar-refractivity contribution in [1.29, 1.82) is 0 Å². The summed E-state index contributed by atoms with van der Waals surface area (Å²) >= 11 is 6.07. The molecule has 1 heterocycles. The van der Waals surface area contributed by atoms with Gasteiger partial charge in [-0.2, -0.15) is 0 Å². The Labute approximate surface area is 99.5 Å². The lowest BCUT2D eigenvalue weighted by atomic mass is 9.79. The normalized spacial score (nSPS) is 18.6. The fraction of sp³-hybridized carbons (Fsp3) is 0.500. The first-order valence-corrected chi connectivity index (χ1v) is 5.81. The molecule has 0 radical (unpaired) electrons. The third-order valence-electron chi connectivity index (χ3n) is 3.37. The highest BCUT2D eigenvalue weighted by atomic mass is 35.5. The molecule has 4 heteroatoms. The number of aryl methyl sites for hydroxylation is 1. The Morgan fingerprint density at radius 1 is 1.44 bits per heavy atom. The molecule has 1 aromatic heterocycles. The molecular formula is C12H14ClNO2. The molecule has 0 aliphatic heterocycles. The Hall–Kier alpha value is -1.09. The van der Waals surface area contributed by atoms with Gasteiger partial charge >= 0.3 is 5.97 Å². The summed E-state index contributed by atoms with van der Waals surface area (Å²) in [6, 6.07) is 3.63. The van der Waals surface area contributed by atoms with Gasteiger partial charge in [-0.25, -0.2) is 4.98 Å². The zero-order chi connectivity index (χ0) is 11.8. The first kappa shape index (κ1) is 11.4. The quantitative estimate of drug-likeness (QED) is 0.808. The van der Waals surface area contributed by atoms with E-state index in [-0.39, 0.29) is 0 Å². The lowest BCUT2D eigenvalue weighted by Gasteiger charge is -2.24. The standard InChI is InChI=1S/C12H14ClNO2/c1-8-4-5-9(10(13)14-8)12(11(15)16)6-2-3-7-12/h4-5H,2-3,6-7H2,1H3,(H,15,16). The molecule has 0 saturated heterocycles. The zero-order valence-electron chi connectivity index (χ0n) is 9.16. The SMILES string of the molecule is Cc1ccc(C2(C(=O)O)CCCC2)c(Cl)n1. The fourth-order valence-electron chi connectivity index (χ4n) is 2.46. The molecule has 16 heavy (non-hydrogen) atoms. The maximum absolute atomic E-state index is 11.5. The van der Waals surface area contributed by atoms with Crippen LogP contribution < -0.4 is 0 Å². The summed E-state index contributed by atoms with van der Waals surface area (Å²) in [5, 5.41) is 9.76. The van der Waals surface area contributed by atoms with Gasteiger partial charge in [0.25, 0.3) is 0 Å². The summed E-state index contributed by atoms with van der Waals surface area (Å²) in [6.45, 7) is 1.84. The van der Waals surface area contributed by atoms with Crippen molar-refractivity contribution in [3.63, 3.8) is 0 Å². The second-order valence-electron chi connectivity index (χ2n) is 4.39. The van der Waals surface area contributed by atoms with Crippen molar-refractivity contribution < 1.29 is 9.90 Å². The Morgan fingerprint density at radius 3 is 2.56 bits per heavy atom. The fourth-order valence-corrected chi connectivity index (χ4v) is 2.84. The van der Waals surface area contributed by atoms with Crippen LogP contribution in [-0.2, 0) is 10.2 Å². The van der Waals surface area contributed by atoms with E-state index >= 15 is 0 Å². The molecule has 0 unspecified atom stereocenters. The molecule has 2 rings (SSSR count). The number of carbonyl (C=O) groups is 1. The number of hydrogen-bond donors (Lipinski definition) is 1. The highest BCUT2D eigenvalue weighted by Gasteiger charge is 2.44. The third kappa shape index (κ3) is 1.69. The number of halogens is 1. The predicted octanol–water partition coefficient (Wildman–Crippen LogP) is 2.94. The van der Waals surface area contributed by atoms with E-state index < -0.39 is 11.4 Å². The number of carboxylic acid groups (broad SMARTS) is 1. The van der Waals surface area contributed by atoms with E-state index in [2.05, 4.69) is 4.98 Å². The number of rotatable bonds is 2. The maximum atomic E-state index is 11.5. The second kappa shape index (κ2) is 4.06. The smallest absolute Gasteiger partial charge is 0.314 e. The molecule has 0 aromatic carbocycles. The Morgan fingerprint density at radius 2 is 2.06 bits per heavy atom. The van der Waals surface area contributed by atoms with Crippen molar-refractivity contribution in [3.05, 3.63) is 28.5 Å². The summed E-state index contributed by atoms with van der Waals surface area (Å²) in [6.07, 6.45) is 3.20. The number of hydrogen-bond acceptors (Lipinski definition) is 2. The molecule has 1 fully saturated rings. The van der Waals surface area contributed by atoms with Crippen LogP contribution in [0, 0.1) is 6.92 Å². The van der Waals surface area contributed by atoms with E-state index in [0.717, 1.165) is 18.5 Å². The highest BCUT2D eigenvalue weighted by Crippen LogP contribution is 2.43. The third-order valence-corrected chi connectivity index (χ3v) is 3.66. The molecule has 1 N–H and O–H groups in total. The van der Waals surface area contributed by atoms with Crippen LogP contribution in [0.1, 0.15) is 36.9 Å². The van der Waals surface area contributed by atoms with Crippen LogP contribution in [-0.4, -0.2) is 16.1 Å².